The summed E-state index contributed by atoms with van der Waals surface area (Å²) < 4.78 is 0. The maximum Gasteiger partial charge on any atom is 0.339 e. The fourth-order valence-electron chi connectivity index (χ4n) is 1.37. The lowest BCUT2D eigenvalue weighted by molar-refractivity contribution is -0.126. The number of hydrogen-bond donors (Lipinski definition) is 4. The molecule has 1 aromatic carbocycles. The average molecular weight is 280 g/mol. The van der Waals surface area contributed by atoms with Gasteiger partial charge in [-0.3, -0.25) is 4.79 Å². The summed E-state index contributed by atoms with van der Waals surface area (Å²) in [5.41, 5.74) is 4.49. The van der Waals surface area contributed by atoms with E-state index in [0.717, 1.165) is 0 Å². The van der Waals surface area contributed by atoms with Gasteiger partial charge in [-0.1, -0.05) is 0 Å². The second-order valence-corrected chi connectivity index (χ2v) is 5.84. The van der Waals surface area contributed by atoms with Crippen molar-refractivity contribution in [2.45, 2.75) is 33.2 Å². The second kappa shape index (κ2) is 5.13. The summed E-state index contributed by atoms with van der Waals surface area (Å²) in [4.78, 5) is 23.0. The van der Waals surface area contributed by atoms with Crippen molar-refractivity contribution in [1.82, 2.24) is 0 Å². The Hall–Kier alpha value is -2.08. The third-order valence-electron chi connectivity index (χ3n) is 3.66. The molecule has 5 N–H and O–H groups in total. The monoisotopic (exact) mass is 280 g/mol. The molecule has 1 aromatic rings. The molecule has 110 valence electrons. The van der Waals surface area contributed by atoms with E-state index in [1.165, 1.54) is 18.2 Å². The summed E-state index contributed by atoms with van der Waals surface area (Å²) >= 11 is 0. The van der Waals surface area contributed by atoms with E-state index in [0.29, 0.717) is 5.69 Å². The fraction of sp³-hybridized carbons (Fsp3) is 0.429. The van der Waals surface area contributed by atoms with Crippen LogP contribution in [0, 0.1) is 5.41 Å². The molecule has 6 nitrogen and oxygen atoms in total. The number of carbonyl (C=O) groups excluding carboxylic acids is 1. The molecule has 0 spiro atoms. The van der Waals surface area contributed by atoms with Gasteiger partial charge in [0.2, 0.25) is 5.91 Å². The van der Waals surface area contributed by atoms with Crippen LogP contribution in [-0.4, -0.2) is 27.6 Å². The zero-order valence-corrected chi connectivity index (χ0v) is 12.0. The second-order valence-electron chi connectivity index (χ2n) is 5.84. The molecule has 0 unspecified atom stereocenters. The molecule has 0 radical (unpaired) electrons. The molecular formula is C14H20N2O4. The third-order valence-corrected chi connectivity index (χ3v) is 3.66. The van der Waals surface area contributed by atoms with Gasteiger partial charge in [0.25, 0.3) is 0 Å². The number of nitrogens with two attached hydrogens (primary N) is 1. The smallest absolute Gasteiger partial charge is 0.339 e. The molecule has 6 heteroatoms. The Morgan fingerprint density at radius 3 is 2.15 bits per heavy atom. The highest BCUT2D eigenvalue weighted by molar-refractivity contribution is 5.97. The normalized spacial score (nSPS) is 12.1. The number of nitrogens with one attached hydrogen (secondary N) is 1. The SMILES string of the molecule is CC(C)(N)C(C)(C)C(=O)Nc1ccc(C(=O)O)c(O)c1. The van der Waals surface area contributed by atoms with E-state index in [9.17, 15) is 14.7 Å². The lowest BCUT2D eigenvalue weighted by Crippen LogP contribution is -2.53. The summed E-state index contributed by atoms with van der Waals surface area (Å²) in [7, 11) is 0. The standard InChI is InChI=1S/C14H20N2O4/c1-13(2,14(3,4)15)12(20)16-8-5-6-9(11(18)19)10(17)7-8/h5-7,17H,15H2,1-4H3,(H,16,20)(H,18,19). The molecule has 1 rings (SSSR count). The average Bonchev–Trinajstić information content (AvgIpc) is 2.26. The molecule has 0 bridgehead atoms. The van der Waals surface area contributed by atoms with Gasteiger partial charge in [-0.25, -0.2) is 4.79 Å². The van der Waals surface area contributed by atoms with Crippen LogP contribution in [0.4, 0.5) is 5.69 Å². The Morgan fingerprint density at radius 1 is 1.20 bits per heavy atom. The van der Waals surface area contributed by atoms with Gasteiger partial charge in [-0.05, 0) is 39.8 Å². The number of amides is 1. The summed E-state index contributed by atoms with van der Waals surface area (Å²) in [5, 5.41) is 21.0. The molecule has 0 atom stereocenters. The highest BCUT2D eigenvalue weighted by Crippen LogP contribution is 2.30. The number of aromatic hydroxyl groups is 1. The zero-order chi connectivity index (χ0) is 15.7. The van der Waals surface area contributed by atoms with Gasteiger partial charge < -0.3 is 21.3 Å². The first-order valence-electron chi connectivity index (χ1n) is 6.13. The predicted molar refractivity (Wildman–Crippen MR) is 75.7 cm³/mol. The van der Waals surface area contributed by atoms with E-state index < -0.39 is 22.7 Å². The Kier molecular flexibility index (Phi) is 4.10. The number of carboxylic acid groups (broad SMARTS) is 1. The number of carboxylic acids is 1. The van der Waals surface area contributed by atoms with Crippen molar-refractivity contribution in [3.63, 3.8) is 0 Å². The largest absolute Gasteiger partial charge is 0.507 e. The Labute approximate surface area is 117 Å². The number of hydrogen-bond acceptors (Lipinski definition) is 4. The molecule has 20 heavy (non-hydrogen) atoms. The number of rotatable bonds is 4. The van der Waals surface area contributed by atoms with Gasteiger partial charge in [-0.15, -0.1) is 0 Å². The number of benzene rings is 1. The van der Waals surface area contributed by atoms with Crippen molar-refractivity contribution in [2.24, 2.45) is 11.1 Å². The molecule has 0 saturated carbocycles. The number of anilines is 1. The number of aromatic carboxylic acids is 1. The van der Waals surface area contributed by atoms with Crippen molar-refractivity contribution < 1.29 is 19.8 Å². The molecule has 0 fully saturated rings. The van der Waals surface area contributed by atoms with Crippen molar-refractivity contribution in [1.29, 1.82) is 0 Å². The van der Waals surface area contributed by atoms with Gasteiger partial charge in [-0.2, -0.15) is 0 Å². The Morgan fingerprint density at radius 2 is 1.75 bits per heavy atom. The number of phenols is 1. The summed E-state index contributed by atoms with van der Waals surface area (Å²) in [6.45, 7) is 6.93. The van der Waals surface area contributed by atoms with Crippen LogP contribution in [0.5, 0.6) is 5.75 Å². The highest BCUT2D eigenvalue weighted by Gasteiger charge is 2.40. The maximum absolute atomic E-state index is 12.2. The topological polar surface area (TPSA) is 113 Å². The van der Waals surface area contributed by atoms with E-state index in [2.05, 4.69) is 5.32 Å². The molecule has 0 aliphatic rings. The van der Waals surface area contributed by atoms with Gasteiger partial charge in [0.05, 0.1) is 5.41 Å². The molecule has 0 heterocycles. The molecule has 1 amide bonds. The fourth-order valence-corrected chi connectivity index (χ4v) is 1.37. The van der Waals surface area contributed by atoms with Crippen LogP contribution in [0.25, 0.3) is 0 Å². The van der Waals surface area contributed by atoms with E-state index in [-0.39, 0.29) is 11.5 Å². The van der Waals surface area contributed by atoms with E-state index in [1.807, 2.05) is 0 Å². The third kappa shape index (κ3) is 3.08. The molecular weight excluding hydrogens is 260 g/mol. The van der Waals surface area contributed by atoms with Crippen molar-refractivity contribution in [3.8, 4) is 5.75 Å². The quantitative estimate of drug-likeness (QED) is 0.671. The summed E-state index contributed by atoms with van der Waals surface area (Å²) in [6, 6.07) is 3.84. The molecule has 0 saturated heterocycles. The van der Waals surface area contributed by atoms with Crippen molar-refractivity contribution in [3.05, 3.63) is 23.8 Å². The first-order chi connectivity index (χ1) is 8.96. The van der Waals surface area contributed by atoms with Crippen molar-refractivity contribution in [2.75, 3.05) is 5.32 Å². The zero-order valence-electron chi connectivity index (χ0n) is 12.0. The van der Waals surface area contributed by atoms with Gasteiger partial charge >= 0.3 is 5.97 Å². The lowest BCUT2D eigenvalue weighted by atomic mass is 9.74. The number of carbonyl (C=O) groups is 2. The van der Waals surface area contributed by atoms with E-state index in [1.54, 1.807) is 27.7 Å². The van der Waals surface area contributed by atoms with E-state index >= 15 is 0 Å². The van der Waals surface area contributed by atoms with Gasteiger partial charge in [0.15, 0.2) is 0 Å². The van der Waals surface area contributed by atoms with Crippen LogP contribution in [0.2, 0.25) is 0 Å². The molecule has 0 aliphatic heterocycles. The first-order valence-corrected chi connectivity index (χ1v) is 6.13. The van der Waals surface area contributed by atoms with Crippen LogP contribution >= 0.6 is 0 Å². The summed E-state index contributed by atoms with van der Waals surface area (Å²) in [6.07, 6.45) is 0. The van der Waals surface area contributed by atoms with Crippen LogP contribution < -0.4 is 11.1 Å². The minimum atomic E-state index is -1.23. The van der Waals surface area contributed by atoms with Crippen LogP contribution in [0.1, 0.15) is 38.1 Å². The predicted octanol–water partition coefficient (Wildman–Crippen LogP) is 1.79. The molecule has 0 aliphatic carbocycles. The Bertz CT molecular complexity index is 545. The first kappa shape index (κ1) is 16.0. The van der Waals surface area contributed by atoms with Gasteiger partial charge in [0, 0.05) is 17.3 Å². The highest BCUT2D eigenvalue weighted by atomic mass is 16.4. The summed E-state index contributed by atoms with van der Waals surface area (Å²) in [5.74, 6) is -1.95. The van der Waals surface area contributed by atoms with Crippen LogP contribution in [0.15, 0.2) is 18.2 Å². The van der Waals surface area contributed by atoms with Crippen LogP contribution in [-0.2, 0) is 4.79 Å². The van der Waals surface area contributed by atoms with Gasteiger partial charge in [0.1, 0.15) is 11.3 Å². The molecule has 0 aromatic heterocycles. The maximum atomic E-state index is 12.2. The van der Waals surface area contributed by atoms with Crippen molar-refractivity contribution >= 4 is 17.6 Å². The van der Waals surface area contributed by atoms with Crippen LogP contribution in [0.3, 0.4) is 0 Å². The lowest BCUT2D eigenvalue weighted by Gasteiger charge is -2.36. The minimum Gasteiger partial charge on any atom is -0.507 e. The Balaban J connectivity index is 2.98. The van der Waals surface area contributed by atoms with E-state index in [4.69, 9.17) is 10.8 Å². The minimum absolute atomic E-state index is 0.221.